The van der Waals surface area contributed by atoms with Crippen molar-refractivity contribution in [3.8, 4) is 0 Å². The fourth-order valence-corrected chi connectivity index (χ4v) is 1.82. The molecule has 0 spiro atoms. The second-order valence-electron chi connectivity index (χ2n) is 4.83. The molecule has 0 N–H and O–H groups in total. The molecule has 100 valence electrons. The number of ketones is 1. The van der Waals surface area contributed by atoms with E-state index in [0.29, 0.717) is 0 Å². The van der Waals surface area contributed by atoms with Crippen molar-refractivity contribution in [3.63, 3.8) is 0 Å². The molecule has 5 nitrogen and oxygen atoms in total. The van der Waals surface area contributed by atoms with Crippen molar-refractivity contribution in [3.05, 3.63) is 12.2 Å². The number of ether oxygens (including phenoxy) is 2. The van der Waals surface area contributed by atoms with Crippen molar-refractivity contribution in [1.29, 1.82) is 0 Å². The van der Waals surface area contributed by atoms with Gasteiger partial charge in [-0.15, -0.1) is 0 Å². The number of esters is 2. The first-order valence-electron chi connectivity index (χ1n) is 5.93. The van der Waals surface area contributed by atoms with Gasteiger partial charge in [0.2, 0.25) is 0 Å². The maximum absolute atomic E-state index is 11.5. The molecule has 1 rings (SSSR count). The second-order valence-corrected chi connectivity index (χ2v) is 4.83. The van der Waals surface area contributed by atoms with Gasteiger partial charge < -0.3 is 9.47 Å². The summed E-state index contributed by atoms with van der Waals surface area (Å²) in [6.07, 6.45) is 3.50. The minimum absolute atomic E-state index is 0.180. The molecule has 0 aromatic heterocycles. The molecule has 0 aromatic rings. The molecule has 1 fully saturated rings. The Labute approximate surface area is 106 Å². The van der Waals surface area contributed by atoms with E-state index < -0.39 is 29.9 Å². The van der Waals surface area contributed by atoms with Gasteiger partial charge in [-0.25, -0.2) is 9.59 Å². The molecule has 1 aliphatic rings. The number of carbonyl (C=O) groups is 3. The quantitative estimate of drug-likeness (QED) is 0.423. The molecule has 0 radical (unpaired) electrons. The third kappa shape index (κ3) is 3.98. The van der Waals surface area contributed by atoms with E-state index in [1.54, 1.807) is 0 Å². The largest absolute Gasteiger partial charge is 0.454 e. The van der Waals surface area contributed by atoms with Gasteiger partial charge in [-0.1, -0.05) is 6.58 Å². The SMILES string of the molecule is C=C(C)C(=O)OCC(=O)C(=O)OC1(C)CCCC1. The molecule has 18 heavy (non-hydrogen) atoms. The predicted molar refractivity (Wildman–Crippen MR) is 63.7 cm³/mol. The van der Waals surface area contributed by atoms with Crippen LogP contribution in [0.15, 0.2) is 12.2 Å². The van der Waals surface area contributed by atoms with Crippen molar-refractivity contribution < 1.29 is 23.9 Å². The number of hydrogen-bond acceptors (Lipinski definition) is 5. The normalized spacial score (nSPS) is 17.0. The second kappa shape index (κ2) is 5.80. The maximum Gasteiger partial charge on any atom is 0.378 e. The molecule has 0 unspecified atom stereocenters. The van der Waals surface area contributed by atoms with E-state index in [4.69, 9.17) is 4.74 Å². The molecule has 0 amide bonds. The Balaban J connectivity index is 2.40. The molecular formula is C13H18O5. The van der Waals surface area contributed by atoms with Gasteiger partial charge in [0.05, 0.1) is 0 Å². The molecule has 0 aromatic carbocycles. The lowest BCUT2D eigenvalue weighted by Gasteiger charge is -2.23. The van der Waals surface area contributed by atoms with E-state index in [1.165, 1.54) is 6.92 Å². The summed E-state index contributed by atoms with van der Waals surface area (Å²) in [7, 11) is 0. The van der Waals surface area contributed by atoms with Gasteiger partial charge in [-0.3, -0.25) is 4.79 Å². The Morgan fingerprint density at radius 2 is 1.72 bits per heavy atom. The van der Waals surface area contributed by atoms with E-state index in [-0.39, 0.29) is 5.57 Å². The summed E-state index contributed by atoms with van der Waals surface area (Å²) in [5.41, 5.74) is -0.371. The minimum Gasteiger partial charge on any atom is -0.454 e. The highest BCUT2D eigenvalue weighted by atomic mass is 16.6. The lowest BCUT2D eigenvalue weighted by atomic mass is 10.1. The van der Waals surface area contributed by atoms with Crippen LogP contribution >= 0.6 is 0 Å². The van der Waals surface area contributed by atoms with E-state index >= 15 is 0 Å². The van der Waals surface area contributed by atoms with Gasteiger partial charge in [-0.2, -0.15) is 0 Å². The van der Waals surface area contributed by atoms with Crippen molar-refractivity contribution >= 4 is 17.7 Å². The Bertz CT molecular complexity index is 377. The average Bonchev–Trinajstić information content (AvgIpc) is 2.71. The number of rotatable bonds is 5. The highest BCUT2D eigenvalue weighted by Gasteiger charge is 2.34. The van der Waals surface area contributed by atoms with Gasteiger partial charge >= 0.3 is 11.9 Å². The average molecular weight is 254 g/mol. The standard InChI is InChI=1S/C13H18O5/c1-9(2)11(15)17-8-10(14)12(16)18-13(3)6-4-5-7-13/h1,4-8H2,2-3H3. The molecule has 0 heterocycles. The number of carbonyl (C=O) groups excluding carboxylic acids is 3. The van der Waals surface area contributed by atoms with Crippen LogP contribution in [0, 0.1) is 0 Å². The Morgan fingerprint density at radius 1 is 1.17 bits per heavy atom. The van der Waals surface area contributed by atoms with Crippen molar-refractivity contribution in [2.75, 3.05) is 6.61 Å². The fraction of sp³-hybridized carbons (Fsp3) is 0.615. The predicted octanol–water partition coefficient (Wildman–Crippen LogP) is 1.55. The third-order valence-electron chi connectivity index (χ3n) is 2.91. The zero-order chi connectivity index (χ0) is 13.8. The van der Waals surface area contributed by atoms with Crippen LogP contribution in [0.5, 0.6) is 0 Å². The summed E-state index contributed by atoms with van der Waals surface area (Å²) < 4.78 is 9.75. The topological polar surface area (TPSA) is 69.7 Å². The molecule has 0 aliphatic heterocycles. The smallest absolute Gasteiger partial charge is 0.378 e. The van der Waals surface area contributed by atoms with Gasteiger partial charge in [0.1, 0.15) is 5.60 Å². The number of hydrogen-bond donors (Lipinski definition) is 0. The lowest BCUT2D eigenvalue weighted by molar-refractivity contribution is -0.167. The van der Waals surface area contributed by atoms with Crippen molar-refractivity contribution in [2.45, 2.75) is 45.1 Å². The summed E-state index contributed by atoms with van der Waals surface area (Å²) in [6, 6.07) is 0. The molecule has 5 heteroatoms. The van der Waals surface area contributed by atoms with Crippen LogP contribution < -0.4 is 0 Å². The summed E-state index contributed by atoms with van der Waals surface area (Å²) in [5.74, 6) is -2.48. The highest BCUT2D eigenvalue weighted by molar-refractivity contribution is 6.34. The van der Waals surface area contributed by atoms with Gasteiger partial charge in [0.25, 0.3) is 5.78 Å². The van der Waals surface area contributed by atoms with E-state index in [2.05, 4.69) is 11.3 Å². The molecule has 0 atom stereocenters. The molecule has 0 saturated heterocycles. The first kappa shape index (κ1) is 14.4. The zero-order valence-electron chi connectivity index (χ0n) is 10.8. The fourth-order valence-electron chi connectivity index (χ4n) is 1.82. The van der Waals surface area contributed by atoms with Crippen LogP contribution in [0.25, 0.3) is 0 Å². The monoisotopic (exact) mass is 254 g/mol. The summed E-state index contributed by atoms with van der Waals surface area (Å²) in [4.78, 5) is 34.0. The van der Waals surface area contributed by atoms with Crippen LogP contribution in [-0.4, -0.2) is 29.9 Å². The van der Waals surface area contributed by atoms with Gasteiger partial charge in [-0.05, 0) is 39.5 Å². The van der Waals surface area contributed by atoms with E-state index in [0.717, 1.165) is 25.7 Å². The van der Waals surface area contributed by atoms with Gasteiger partial charge in [0.15, 0.2) is 6.61 Å². The summed E-state index contributed by atoms with van der Waals surface area (Å²) in [5, 5.41) is 0. The van der Waals surface area contributed by atoms with Crippen molar-refractivity contribution in [1.82, 2.24) is 0 Å². The first-order valence-corrected chi connectivity index (χ1v) is 5.93. The maximum atomic E-state index is 11.5. The van der Waals surface area contributed by atoms with Crippen LogP contribution in [0.3, 0.4) is 0 Å². The summed E-state index contributed by atoms with van der Waals surface area (Å²) in [6.45, 7) is 6.05. The Kier molecular flexibility index (Phi) is 4.64. The van der Waals surface area contributed by atoms with Crippen LogP contribution in [0.1, 0.15) is 39.5 Å². The molecular weight excluding hydrogens is 236 g/mol. The van der Waals surface area contributed by atoms with Crippen molar-refractivity contribution in [2.24, 2.45) is 0 Å². The van der Waals surface area contributed by atoms with Crippen LogP contribution in [0.2, 0.25) is 0 Å². The minimum atomic E-state index is -0.936. The van der Waals surface area contributed by atoms with E-state index in [9.17, 15) is 14.4 Å². The molecule has 0 bridgehead atoms. The van der Waals surface area contributed by atoms with Crippen LogP contribution in [-0.2, 0) is 23.9 Å². The molecule has 1 saturated carbocycles. The molecule has 1 aliphatic carbocycles. The third-order valence-corrected chi connectivity index (χ3v) is 2.91. The highest BCUT2D eigenvalue weighted by Crippen LogP contribution is 2.32. The summed E-state index contributed by atoms with van der Waals surface area (Å²) >= 11 is 0. The first-order chi connectivity index (χ1) is 8.34. The zero-order valence-corrected chi connectivity index (χ0v) is 10.8. The van der Waals surface area contributed by atoms with E-state index in [1.807, 2.05) is 6.92 Å². The Hall–Kier alpha value is -1.65. The van der Waals surface area contributed by atoms with Gasteiger partial charge in [0, 0.05) is 5.57 Å². The van der Waals surface area contributed by atoms with Crippen LogP contribution in [0.4, 0.5) is 0 Å². The lowest BCUT2D eigenvalue weighted by Crippen LogP contribution is -2.34. The number of Topliss-reactive ketones (excluding diaryl/α,β-unsaturated/α-hetero) is 1. The Morgan fingerprint density at radius 3 is 2.22 bits per heavy atom.